The molecule has 0 radical (unpaired) electrons. The molecule has 1 aromatic rings. The van der Waals surface area contributed by atoms with E-state index in [1.54, 1.807) is 24.3 Å². The first-order valence-corrected chi connectivity index (χ1v) is 4.75. The van der Waals surface area contributed by atoms with Gasteiger partial charge in [-0.25, -0.2) is 0 Å². The van der Waals surface area contributed by atoms with Gasteiger partial charge in [-0.05, 0) is 30.7 Å². The van der Waals surface area contributed by atoms with Crippen molar-refractivity contribution >= 4 is 29.0 Å². The van der Waals surface area contributed by atoms with Crippen LogP contribution in [0.3, 0.4) is 0 Å². The number of halogens is 2. The van der Waals surface area contributed by atoms with E-state index in [0.29, 0.717) is 15.6 Å². The molecule has 0 heterocycles. The smallest absolute Gasteiger partial charge is 0.120 e. The van der Waals surface area contributed by atoms with Crippen molar-refractivity contribution in [3.8, 4) is 0 Å². The molecule has 1 aromatic carbocycles. The summed E-state index contributed by atoms with van der Waals surface area (Å²) in [6.07, 6.45) is 2.47. The molecule has 0 aliphatic rings. The van der Waals surface area contributed by atoms with Crippen LogP contribution in [0.1, 0.15) is 18.9 Å². The third-order valence-corrected chi connectivity index (χ3v) is 2.15. The number of hydrogen-bond acceptors (Lipinski definition) is 1. The first kappa shape index (κ1) is 10.4. The highest BCUT2D eigenvalue weighted by Crippen LogP contribution is 2.25. The van der Waals surface area contributed by atoms with Crippen LogP contribution < -0.4 is 0 Å². The van der Waals surface area contributed by atoms with Crippen molar-refractivity contribution in [2.45, 2.75) is 13.3 Å². The standard InChI is InChI=1S/C10H10Cl2O/c1-2-3-10(13)8-5-4-7(11)6-9(8)12/h3-6,13H,2H2,1H3. The van der Waals surface area contributed by atoms with Gasteiger partial charge in [-0.1, -0.05) is 30.1 Å². The summed E-state index contributed by atoms with van der Waals surface area (Å²) < 4.78 is 0. The van der Waals surface area contributed by atoms with E-state index in [2.05, 4.69) is 0 Å². The van der Waals surface area contributed by atoms with Crippen LogP contribution in [0.2, 0.25) is 10.0 Å². The molecule has 13 heavy (non-hydrogen) atoms. The minimum atomic E-state index is 0.198. The van der Waals surface area contributed by atoms with Crippen molar-refractivity contribution in [1.29, 1.82) is 0 Å². The van der Waals surface area contributed by atoms with Gasteiger partial charge in [0.05, 0.1) is 5.02 Å². The van der Waals surface area contributed by atoms with Gasteiger partial charge in [-0.3, -0.25) is 0 Å². The molecule has 0 spiro atoms. The summed E-state index contributed by atoms with van der Waals surface area (Å²) in [5.41, 5.74) is 0.618. The van der Waals surface area contributed by atoms with Crippen molar-refractivity contribution < 1.29 is 5.11 Å². The largest absolute Gasteiger partial charge is 0.508 e. The molecule has 0 bridgehead atoms. The Labute approximate surface area is 87.6 Å². The van der Waals surface area contributed by atoms with Crippen LogP contribution in [-0.4, -0.2) is 5.11 Å². The van der Waals surface area contributed by atoms with E-state index in [1.165, 1.54) is 0 Å². The van der Waals surface area contributed by atoms with E-state index in [1.807, 2.05) is 6.92 Å². The molecule has 3 heteroatoms. The lowest BCUT2D eigenvalue weighted by Gasteiger charge is -2.02. The van der Waals surface area contributed by atoms with Gasteiger partial charge < -0.3 is 5.11 Å². The van der Waals surface area contributed by atoms with Crippen LogP contribution in [-0.2, 0) is 0 Å². The quantitative estimate of drug-likeness (QED) is 0.732. The lowest BCUT2D eigenvalue weighted by molar-refractivity contribution is 0.510. The number of rotatable bonds is 2. The number of aliphatic hydroxyl groups is 1. The predicted molar refractivity (Wildman–Crippen MR) is 57.4 cm³/mol. The van der Waals surface area contributed by atoms with Gasteiger partial charge in [0.15, 0.2) is 0 Å². The minimum Gasteiger partial charge on any atom is -0.508 e. The average Bonchev–Trinajstić information content (AvgIpc) is 2.04. The maximum absolute atomic E-state index is 9.53. The fraction of sp³-hybridized carbons (Fsp3) is 0.200. The van der Waals surface area contributed by atoms with Crippen LogP contribution in [0.15, 0.2) is 24.3 Å². The number of aliphatic hydroxyl groups excluding tert-OH is 1. The van der Waals surface area contributed by atoms with Crippen LogP contribution in [0.25, 0.3) is 5.76 Å². The fourth-order valence-corrected chi connectivity index (χ4v) is 1.51. The van der Waals surface area contributed by atoms with Crippen LogP contribution in [0.5, 0.6) is 0 Å². The maximum atomic E-state index is 9.53. The zero-order valence-corrected chi connectivity index (χ0v) is 8.73. The Morgan fingerprint density at radius 2 is 2.15 bits per heavy atom. The van der Waals surface area contributed by atoms with Crippen molar-refractivity contribution in [2.75, 3.05) is 0 Å². The number of hydrogen-bond donors (Lipinski definition) is 1. The van der Waals surface area contributed by atoms with Crippen molar-refractivity contribution in [1.82, 2.24) is 0 Å². The lowest BCUT2D eigenvalue weighted by Crippen LogP contribution is -1.84. The van der Waals surface area contributed by atoms with Gasteiger partial charge in [0.2, 0.25) is 0 Å². The Morgan fingerprint density at radius 3 is 2.69 bits per heavy atom. The number of benzene rings is 1. The van der Waals surface area contributed by atoms with E-state index in [4.69, 9.17) is 23.2 Å². The van der Waals surface area contributed by atoms with Gasteiger partial charge in [-0.15, -0.1) is 0 Å². The van der Waals surface area contributed by atoms with Crippen molar-refractivity contribution in [3.63, 3.8) is 0 Å². The summed E-state index contributed by atoms with van der Waals surface area (Å²) in [7, 11) is 0. The molecule has 1 N–H and O–H groups in total. The molecule has 0 saturated carbocycles. The molecular weight excluding hydrogens is 207 g/mol. The molecule has 0 amide bonds. The van der Waals surface area contributed by atoms with Crippen molar-refractivity contribution in [3.05, 3.63) is 39.9 Å². The van der Waals surface area contributed by atoms with Gasteiger partial charge in [-0.2, -0.15) is 0 Å². The van der Waals surface area contributed by atoms with E-state index in [-0.39, 0.29) is 5.76 Å². The molecule has 1 rings (SSSR count). The summed E-state index contributed by atoms with van der Waals surface area (Å²) in [6.45, 7) is 1.94. The third kappa shape index (κ3) is 2.64. The molecule has 1 nitrogen and oxygen atoms in total. The number of allylic oxidation sites excluding steroid dienone is 1. The summed E-state index contributed by atoms with van der Waals surface area (Å²) in [5.74, 6) is 0.198. The summed E-state index contributed by atoms with van der Waals surface area (Å²) in [4.78, 5) is 0. The van der Waals surface area contributed by atoms with Crippen LogP contribution in [0.4, 0.5) is 0 Å². The molecule has 0 aromatic heterocycles. The molecule has 0 atom stereocenters. The van der Waals surface area contributed by atoms with Gasteiger partial charge in [0, 0.05) is 10.6 Å². The Hall–Kier alpha value is -0.660. The molecule has 0 aliphatic heterocycles. The van der Waals surface area contributed by atoms with E-state index in [9.17, 15) is 5.11 Å². The molecule has 0 fully saturated rings. The Kier molecular flexibility index (Phi) is 3.64. The molecule has 0 aliphatic carbocycles. The average molecular weight is 217 g/mol. The molecule has 0 saturated heterocycles. The highest BCUT2D eigenvalue weighted by Gasteiger charge is 2.04. The zero-order valence-electron chi connectivity index (χ0n) is 7.22. The highest BCUT2D eigenvalue weighted by atomic mass is 35.5. The highest BCUT2D eigenvalue weighted by molar-refractivity contribution is 6.35. The van der Waals surface area contributed by atoms with Gasteiger partial charge >= 0.3 is 0 Å². The molecular formula is C10H10Cl2O. The SMILES string of the molecule is CCC=C(O)c1ccc(Cl)cc1Cl. The zero-order chi connectivity index (χ0) is 9.84. The Morgan fingerprint density at radius 1 is 1.46 bits per heavy atom. The van der Waals surface area contributed by atoms with Crippen LogP contribution in [0, 0.1) is 0 Å². The summed E-state index contributed by atoms with van der Waals surface area (Å²) in [6, 6.07) is 5.01. The van der Waals surface area contributed by atoms with E-state index >= 15 is 0 Å². The second-order valence-electron chi connectivity index (χ2n) is 2.62. The predicted octanol–water partition coefficient (Wildman–Crippen LogP) is 4.30. The lowest BCUT2D eigenvalue weighted by atomic mass is 10.1. The monoisotopic (exact) mass is 216 g/mol. The topological polar surface area (TPSA) is 20.2 Å². The minimum absolute atomic E-state index is 0.198. The van der Waals surface area contributed by atoms with E-state index in [0.717, 1.165) is 6.42 Å². The first-order chi connectivity index (χ1) is 6.15. The van der Waals surface area contributed by atoms with Crippen molar-refractivity contribution in [2.24, 2.45) is 0 Å². The first-order valence-electron chi connectivity index (χ1n) is 3.99. The summed E-state index contributed by atoms with van der Waals surface area (Å²) in [5, 5.41) is 10.6. The van der Waals surface area contributed by atoms with E-state index < -0.39 is 0 Å². The molecule has 0 unspecified atom stereocenters. The maximum Gasteiger partial charge on any atom is 0.120 e. The molecule has 70 valence electrons. The van der Waals surface area contributed by atoms with Gasteiger partial charge in [0.1, 0.15) is 5.76 Å². The third-order valence-electron chi connectivity index (χ3n) is 1.60. The van der Waals surface area contributed by atoms with Crippen LogP contribution >= 0.6 is 23.2 Å². The Balaban J connectivity index is 3.09. The fourth-order valence-electron chi connectivity index (χ4n) is 1.00. The normalized spacial score (nSPS) is 11.8. The second kappa shape index (κ2) is 4.54. The Bertz CT molecular complexity index is 332. The second-order valence-corrected chi connectivity index (χ2v) is 3.47. The summed E-state index contributed by atoms with van der Waals surface area (Å²) >= 11 is 11.6. The van der Waals surface area contributed by atoms with Gasteiger partial charge in [0.25, 0.3) is 0 Å².